The van der Waals surface area contributed by atoms with Crippen LogP contribution in [0.5, 0.6) is 46.0 Å². The summed E-state index contributed by atoms with van der Waals surface area (Å²) in [5, 5.41) is 49.3. The first-order valence-electron chi connectivity index (χ1n) is 42.8. The molecule has 21 rings (SSSR count). The summed E-state index contributed by atoms with van der Waals surface area (Å²) in [6.45, 7) is 17.9. The van der Waals surface area contributed by atoms with Crippen molar-refractivity contribution in [1.29, 1.82) is 0 Å². The van der Waals surface area contributed by atoms with E-state index in [0.29, 0.717) is 92.1 Å². The smallest absolute Gasteiger partial charge is 0.352 e. The van der Waals surface area contributed by atoms with Crippen LogP contribution in [0.4, 0.5) is 0 Å². The Morgan fingerprint density at radius 1 is 0.348 bits per heavy atom. The van der Waals surface area contributed by atoms with Gasteiger partial charge in [0.05, 0.1) is 56.0 Å². The lowest BCUT2D eigenvalue weighted by molar-refractivity contribution is -0.141. The molecule has 0 bridgehead atoms. The first kappa shape index (κ1) is 86.6. The Hall–Kier alpha value is -16.1. The number of aromatic nitrogens is 12. The summed E-state index contributed by atoms with van der Waals surface area (Å²) in [5.41, 5.74) is 4.93. The third-order valence-electron chi connectivity index (χ3n) is 25.7. The van der Waals surface area contributed by atoms with Gasteiger partial charge in [0.25, 0.3) is 0 Å². The predicted molar refractivity (Wildman–Crippen MR) is 484 cm³/mol. The van der Waals surface area contributed by atoms with Gasteiger partial charge in [-0.05, 0) is 194 Å². The minimum absolute atomic E-state index is 0.0132. The van der Waals surface area contributed by atoms with Crippen LogP contribution in [0.25, 0.3) is 22.7 Å². The molecule has 33 nitrogen and oxygen atoms in total. The zero-order valence-corrected chi connectivity index (χ0v) is 73.5. The summed E-state index contributed by atoms with van der Waals surface area (Å²) in [6, 6.07) is 53.6. The van der Waals surface area contributed by atoms with Crippen molar-refractivity contribution in [2.45, 2.75) is 161 Å². The number of hydrogen-bond acceptors (Lipinski definition) is 20. The Labute approximate surface area is 750 Å². The SMILES string of the molecule is CC1(C)Oc2cc(O)ccc2C2C1=CCn1c(=O)n(-c3ccc(C(=O)c4ccccc4)cc3)c(=O)n12.COC(=O)CCC1(C)Oc2cc(O)ccc2C2C1=CCn1c(=O)n(-c3ccc(C)cc3)c(=O)n12.Cc1ccc(-n2c(=O)n3n(c2=O)C2C(=CC3)C(C)(C)Oc3cc(O)ccc32)cc1.Cc1ccc(-n2c(=O)n3n(c2=O)C2C(=CC3)C(C)(CCC(=O)O)Oc3cc(O)ccc32)cc1. The fourth-order valence-corrected chi connectivity index (χ4v) is 19.0. The van der Waals surface area contributed by atoms with Gasteiger partial charge < -0.3 is 49.2 Å². The normalized spacial score (nSPS) is 19.3. The highest BCUT2D eigenvalue weighted by atomic mass is 16.5. The van der Waals surface area contributed by atoms with Crippen molar-refractivity contribution >= 4 is 17.7 Å². The van der Waals surface area contributed by atoms with Crippen LogP contribution in [0.15, 0.2) is 285 Å². The topological polar surface area (TPSA) is 394 Å². The van der Waals surface area contributed by atoms with Crippen molar-refractivity contribution in [3.63, 3.8) is 0 Å². The molecule has 5 N–H and O–H groups in total. The average Bonchev–Trinajstić information content (AvgIpc) is 1.52. The third-order valence-corrected chi connectivity index (χ3v) is 25.7. The van der Waals surface area contributed by atoms with Crippen LogP contribution in [0.2, 0.25) is 0 Å². The lowest BCUT2D eigenvalue weighted by atomic mass is 9.79. The number of ether oxygens (including phenoxy) is 5. The molecule has 0 fully saturated rings. The third kappa shape index (κ3) is 14.7. The molecule has 0 amide bonds. The van der Waals surface area contributed by atoms with Crippen molar-refractivity contribution in [2.24, 2.45) is 0 Å². The van der Waals surface area contributed by atoms with E-state index in [1.165, 1.54) is 79.5 Å². The Kier molecular flexibility index (Phi) is 21.4. The monoisotopic (exact) mass is 1780 g/mol. The number of nitrogens with zero attached hydrogens (tertiary/aromatic N) is 12. The maximum Gasteiger partial charge on any atom is 0.352 e. The highest BCUT2D eigenvalue weighted by Gasteiger charge is 2.51. The predicted octanol–water partition coefficient (Wildman–Crippen LogP) is 10.8. The number of carbonyl (C=O) groups excluding carboxylic acids is 2. The minimum Gasteiger partial charge on any atom is -0.508 e. The standard InChI is InChI=1S/C28H23N3O5.C25H25N3O6.C24H23N3O6.C22H21N3O4/c1-28(2)22-14-15-29-26(34)30(19-10-8-18(9-11-19)25(33)17-6-4-3-5-7-17)27(35)31(29)24(22)21-13-12-20(32)16-23(21)36-28;1-15-4-6-16(7-5-15)27-23(31)26-13-11-19-22(28(26)24(27)32)18-9-8-17(29)14-20(18)34-25(19,2)12-10-21(30)33-3;1-14-3-5-15(6-4-14)26-22(31)25-12-10-18-21(27(25)23(26)32)17-8-7-16(28)13-19(17)33-24(18,2)11-9-20(29)30;1-13-4-6-14(7-5-13)24-20(27)23-11-10-17-19(25(23)21(24)28)16-9-8-15(26)12-18(16)29-22(17,2)3/h3-14,16,24,32H,15H2,1-2H3;4-9,11,14,22,29H,10,12-13H2,1-3H3;3-8,10,13,21,28H,9,11-12H2,1-2H3,(H,29,30);4-10,12,19,26H,11H2,1-3H3. The van der Waals surface area contributed by atoms with E-state index in [4.69, 9.17) is 23.7 Å². The number of fused-ring (bicyclic) bond motifs is 20. The Morgan fingerprint density at radius 3 is 0.924 bits per heavy atom. The number of carbonyl (C=O) groups is 3. The second-order valence-corrected chi connectivity index (χ2v) is 35.1. The van der Waals surface area contributed by atoms with E-state index in [9.17, 15) is 78.3 Å². The Bertz CT molecular complexity index is 7620. The number of aliphatic carboxylic acids is 1. The van der Waals surface area contributed by atoms with Gasteiger partial charge in [-0.15, -0.1) is 0 Å². The molecule has 8 aliphatic heterocycles. The molecule has 0 radical (unpaired) electrons. The van der Waals surface area contributed by atoms with Crippen LogP contribution >= 0.6 is 0 Å². The second kappa shape index (κ2) is 32.6. The molecule has 13 aromatic rings. The first-order valence-corrected chi connectivity index (χ1v) is 42.8. The van der Waals surface area contributed by atoms with E-state index in [0.717, 1.165) is 52.7 Å². The summed E-state index contributed by atoms with van der Waals surface area (Å²) in [6.07, 6.45) is 8.04. The number of phenols is 4. The maximum absolute atomic E-state index is 13.7. The number of allylic oxidation sites excluding steroid dienone is 4. The number of aromatic hydroxyl groups is 4. The lowest BCUT2D eigenvalue weighted by Gasteiger charge is -2.44. The molecular weight excluding hydrogens is 1690 g/mol. The van der Waals surface area contributed by atoms with E-state index in [-0.39, 0.29) is 79.3 Å². The van der Waals surface area contributed by atoms with E-state index >= 15 is 0 Å². The zero-order valence-electron chi connectivity index (χ0n) is 73.5. The van der Waals surface area contributed by atoms with Gasteiger partial charge in [0.1, 0.15) is 92.6 Å². The average molecular weight is 1790 g/mol. The summed E-state index contributed by atoms with van der Waals surface area (Å²) >= 11 is 0. The molecule has 674 valence electrons. The molecular formula is C99H92N12O21. The zero-order chi connectivity index (χ0) is 93.4. The van der Waals surface area contributed by atoms with Gasteiger partial charge in [0.15, 0.2) is 5.78 Å². The van der Waals surface area contributed by atoms with Gasteiger partial charge in [0, 0.05) is 83.3 Å². The van der Waals surface area contributed by atoms with Crippen molar-refractivity contribution in [2.75, 3.05) is 7.11 Å². The summed E-state index contributed by atoms with van der Waals surface area (Å²) < 4.78 is 45.7. The van der Waals surface area contributed by atoms with Crippen LogP contribution in [0, 0.1) is 20.8 Å². The molecule has 8 aliphatic rings. The molecule has 0 saturated carbocycles. The highest BCUT2D eigenvalue weighted by Crippen LogP contribution is 2.53. The van der Waals surface area contributed by atoms with Crippen LogP contribution in [-0.4, -0.2) is 128 Å². The Balaban J connectivity index is 0.000000118. The van der Waals surface area contributed by atoms with E-state index in [1.54, 1.807) is 134 Å². The van der Waals surface area contributed by atoms with Crippen molar-refractivity contribution in [3.05, 3.63) is 381 Å². The van der Waals surface area contributed by atoms with Gasteiger partial charge in [-0.2, -0.15) is 0 Å². The van der Waals surface area contributed by atoms with Gasteiger partial charge >= 0.3 is 57.5 Å². The van der Waals surface area contributed by atoms with Crippen LogP contribution in [-0.2, 0) is 40.5 Å². The highest BCUT2D eigenvalue weighted by molar-refractivity contribution is 6.09. The van der Waals surface area contributed by atoms with Gasteiger partial charge in [0.2, 0.25) is 0 Å². The molecule has 9 aromatic carbocycles. The fourth-order valence-electron chi connectivity index (χ4n) is 19.0. The lowest BCUT2D eigenvalue weighted by Crippen LogP contribution is -2.48. The number of aryl methyl sites for hydroxylation is 3. The number of phenolic OH excluding ortho intramolecular Hbond substituents is 4. The molecule has 33 heteroatoms. The largest absolute Gasteiger partial charge is 0.508 e. The van der Waals surface area contributed by atoms with E-state index < -0.39 is 92.4 Å². The van der Waals surface area contributed by atoms with Gasteiger partial charge in [-0.3, -0.25) is 14.4 Å². The van der Waals surface area contributed by atoms with Gasteiger partial charge in [-0.1, -0.05) is 108 Å². The summed E-state index contributed by atoms with van der Waals surface area (Å²) in [5.74, 6) is 0.378. The number of benzene rings is 9. The van der Waals surface area contributed by atoms with Crippen molar-refractivity contribution < 1.29 is 63.6 Å². The number of methoxy groups -OCH3 is 1. The summed E-state index contributed by atoms with van der Waals surface area (Å²) in [4.78, 5) is 144. The number of hydrogen-bond donors (Lipinski definition) is 5. The van der Waals surface area contributed by atoms with Crippen LogP contribution in [0.1, 0.15) is 146 Å². The fraction of sp³-hybridized carbons (Fsp3) is 0.263. The minimum atomic E-state index is -1.03. The maximum atomic E-state index is 13.7. The number of rotatable bonds is 12. The molecule has 132 heavy (non-hydrogen) atoms. The van der Waals surface area contributed by atoms with Crippen LogP contribution in [0.3, 0.4) is 0 Å². The number of ketones is 1. The van der Waals surface area contributed by atoms with Crippen LogP contribution < -0.4 is 64.5 Å². The molecule has 6 unspecified atom stereocenters. The molecule has 6 atom stereocenters. The number of esters is 1. The summed E-state index contributed by atoms with van der Waals surface area (Å²) in [7, 11) is 1.33. The number of carboxylic acid groups (broad SMARTS) is 1. The molecule has 0 saturated heterocycles. The molecule has 4 aromatic heterocycles. The van der Waals surface area contributed by atoms with E-state index in [2.05, 4.69) is 0 Å². The first-order chi connectivity index (χ1) is 63.0. The van der Waals surface area contributed by atoms with E-state index in [1.807, 2.05) is 122 Å². The quantitative estimate of drug-likeness (QED) is 0.0431. The second-order valence-electron chi connectivity index (χ2n) is 35.1. The van der Waals surface area contributed by atoms with Gasteiger partial charge in [-0.25, -0.2) is 94.1 Å². The molecule has 12 heterocycles. The van der Waals surface area contributed by atoms with Crippen molar-refractivity contribution in [3.8, 4) is 68.7 Å². The Morgan fingerprint density at radius 2 is 0.621 bits per heavy atom. The molecule has 0 spiro atoms. The molecule has 0 aliphatic carbocycles. The number of carboxylic acids is 1. The van der Waals surface area contributed by atoms with Crippen molar-refractivity contribution in [1.82, 2.24) is 55.7 Å².